The van der Waals surface area contributed by atoms with E-state index in [9.17, 15) is 0 Å². The van der Waals surface area contributed by atoms with E-state index in [1.807, 2.05) is 11.8 Å². The summed E-state index contributed by atoms with van der Waals surface area (Å²) >= 11 is 1.92. The van der Waals surface area contributed by atoms with Gasteiger partial charge in [-0.2, -0.15) is 0 Å². The zero-order valence-electron chi connectivity index (χ0n) is 38.5. The van der Waals surface area contributed by atoms with E-state index in [4.69, 9.17) is 4.42 Å². The van der Waals surface area contributed by atoms with E-state index in [0.29, 0.717) is 0 Å². The number of hydrogen-bond acceptors (Lipinski definition) is 2. The highest BCUT2D eigenvalue weighted by molar-refractivity contribution is 8.00. The third kappa shape index (κ3) is 5.97. The van der Waals surface area contributed by atoms with E-state index in [0.717, 1.165) is 33.3 Å². The highest BCUT2D eigenvalue weighted by Gasteiger charge is 2.47. The summed E-state index contributed by atoms with van der Waals surface area (Å²) < 4.78 is 11.4. The van der Waals surface area contributed by atoms with Crippen LogP contribution in [0.4, 0.5) is 0 Å². The molecular formula is C66H42N2OSSi. The highest BCUT2D eigenvalue weighted by atomic mass is 32.2. The van der Waals surface area contributed by atoms with Crippen LogP contribution in [0, 0.1) is 0 Å². The van der Waals surface area contributed by atoms with Crippen molar-refractivity contribution in [2.75, 3.05) is 0 Å². The zero-order chi connectivity index (χ0) is 46.6. The molecule has 1 unspecified atom stereocenters. The average Bonchev–Trinajstić information content (AvgIpc) is 4.10. The van der Waals surface area contributed by atoms with Gasteiger partial charge in [0.25, 0.3) is 0 Å². The number of benzene rings is 11. The molecule has 1 aliphatic heterocycles. The van der Waals surface area contributed by atoms with Crippen LogP contribution >= 0.6 is 11.8 Å². The summed E-state index contributed by atoms with van der Waals surface area (Å²) in [4.78, 5) is 2.55. The highest BCUT2D eigenvalue weighted by Crippen LogP contribution is 2.42. The molecule has 71 heavy (non-hydrogen) atoms. The number of aromatic nitrogens is 2. The molecule has 332 valence electrons. The van der Waals surface area contributed by atoms with Crippen molar-refractivity contribution in [1.29, 1.82) is 0 Å². The van der Waals surface area contributed by atoms with E-state index in [1.165, 1.54) is 96.4 Å². The van der Waals surface area contributed by atoms with Gasteiger partial charge in [-0.1, -0.05) is 200 Å². The molecule has 0 saturated carbocycles. The van der Waals surface area contributed by atoms with E-state index in [1.54, 1.807) is 0 Å². The Morgan fingerprint density at radius 2 is 0.817 bits per heavy atom. The molecule has 0 fully saturated rings. The summed E-state index contributed by atoms with van der Waals surface area (Å²) in [5.74, 6) is 0. The SMILES string of the molecule is c1ccc(-c2cccc([Si]3(c4cccc(-n5c6ccccc6c6ccccc65)c4)c4ccc(-c5cccc6oc7ccccc7c56)cc4Sc4cc(-n5c6ccccc6c6ccccc65)ccc43)c2)cc1. The van der Waals surface area contributed by atoms with E-state index in [2.05, 4.69) is 264 Å². The molecule has 1 aliphatic rings. The fourth-order valence-corrected chi connectivity index (χ4v) is 19.1. The molecule has 0 aliphatic carbocycles. The molecule has 14 aromatic rings. The van der Waals surface area contributed by atoms with Crippen molar-refractivity contribution in [3.05, 3.63) is 255 Å². The van der Waals surface area contributed by atoms with Gasteiger partial charge in [-0.05, 0) is 110 Å². The van der Waals surface area contributed by atoms with Crippen molar-refractivity contribution in [2.45, 2.75) is 9.79 Å². The Balaban J connectivity index is 1.05. The molecule has 0 amide bonds. The molecule has 0 spiro atoms. The molecule has 0 bridgehead atoms. The Morgan fingerprint density at radius 3 is 1.48 bits per heavy atom. The van der Waals surface area contributed by atoms with Crippen molar-refractivity contribution in [2.24, 2.45) is 0 Å². The lowest BCUT2D eigenvalue weighted by atomic mass is 9.99. The van der Waals surface area contributed by atoms with Crippen LogP contribution < -0.4 is 20.7 Å². The molecular weight excluding hydrogens is 897 g/mol. The Labute approximate surface area is 415 Å². The van der Waals surface area contributed by atoms with Gasteiger partial charge in [0.2, 0.25) is 0 Å². The second kappa shape index (κ2) is 15.7. The van der Waals surface area contributed by atoms with Gasteiger partial charge in [-0.25, -0.2) is 0 Å². The van der Waals surface area contributed by atoms with E-state index in [-0.39, 0.29) is 0 Å². The van der Waals surface area contributed by atoms with E-state index >= 15 is 0 Å². The van der Waals surface area contributed by atoms with Gasteiger partial charge in [0, 0.05) is 53.5 Å². The maximum atomic E-state index is 6.47. The molecule has 0 N–H and O–H groups in total. The lowest BCUT2D eigenvalue weighted by Crippen LogP contribution is -2.76. The van der Waals surface area contributed by atoms with Crippen LogP contribution in [0.2, 0.25) is 0 Å². The topological polar surface area (TPSA) is 23.0 Å². The first-order chi connectivity index (χ1) is 35.2. The predicted molar refractivity (Wildman–Crippen MR) is 301 cm³/mol. The van der Waals surface area contributed by atoms with Crippen molar-refractivity contribution < 1.29 is 4.42 Å². The minimum absolute atomic E-state index is 0.901. The number of para-hydroxylation sites is 5. The maximum Gasteiger partial charge on any atom is 0.181 e. The van der Waals surface area contributed by atoms with Gasteiger partial charge in [-0.15, -0.1) is 0 Å². The standard InChI is InChI=1S/C66H42N2OSSi/c1-2-17-43(18-3-1)44-19-14-21-48(39-44)71(49-22-15-20-46(41-49)67-56-29-9-4-23-51(56)52-24-5-10-30-57(52)67)64-37-35-45(50-28-16-34-61-66(50)55-27-8-13-33-60(55)69-61)40-62(64)70-63-42-47(36-38-65(63)71)68-58-31-11-6-25-53(58)54-26-7-12-32-59(54)68/h1-42H. The fraction of sp³-hybridized carbons (Fsp3) is 0. The Morgan fingerprint density at radius 1 is 0.324 bits per heavy atom. The fourth-order valence-electron chi connectivity index (χ4n) is 12.0. The van der Waals surface area contributed by atoms with Crippen LogP contribution in [-0.2, 0) is 0 Å². The molecule has 5 heteroatoms. The lowest BCUT2D eigenvalue weighted by Gasteiger charge is -2.40. The largest absolute Gasteiger partial charge is 0.456 e. The summed E-state index contributed by atoms with van der Waals surface area (Å²) in [5, 5.41) is 12.8. The summed E-state index contributed by atoms with van der Waals surface area (Å²) in [6, 6.07) is 94.9. The Hall–Kier alpha value is -8.61. The summed E-state index contributed by atoms with van der Waals surface area (Å²) in [5.41, 5.74) is 13.7. The van der Waals surface area contributed by atoms with Gasteiger partial charge in [-0.3, -0.25) is 0 Å². The van der Waals surface area contributed by atoms with Gasteiger partial charge in [0.1, 0.15) is 11.2 Å². The van der Waals surface area contributed by atoms with Crippen molar-refractivity contribution >= 4 is 106 Å². The molecule has 0 saturated heterocycles. The van der Waals surface area contributed by atoms with Gasteiger partial charge in [0.05, 0.1) is 22.1 Å². The normalized spacial score (nSPS) is 14.5. The number of rotatable bonds is 6. The van der Waals surface area contributed by atoms with E-state index < -0.39 is 8.07 Å². The summed E-state index contributed by atoms with van der Waals surface area (Å²) in [7, 11) is -3.20. The minimum Gasteiger partial charge on any atom is -0.456 e. The second-order valence-electron chi connectivity index (χ2n) is 18.8. The van der Waals surface area contributed by atoms with Crippen molar-refractivity contribution in [3.63, 3.8) is 0 Å². The number of fused-ring (bicyclic) bond motifs is 11. The predicted octanol–water partition coefficient (Wildman–Crippen LogP) is 15.0. The molecule has 3 aromatic heterocycles. The molecule has 3 nitrogen and oxygen atoms in total. The zero-order valence-corrected chi connectivity index (χ0v) is 40.3. The van der Waals surface area contributed by atoms with Crippen molar-refractivity contribution in [3.8, 4) is 33.6 Å². The number of hydrogen-bond donors (Lipinski definition) is 0. The van der Waals surface area contributed by atoms with Crippen LogP contribution in [0.3, 0.4) is 0 Å². The third-order valence-electron chi connectivity index (χ3n) is 15.0. The van der Waals surface area contributed by atoms with Crippen LogP contribution in [0.25, 0.3) is 99.2 Å². The first kappa shape index (κ1) is 40.3. The van der Waals surface area contributed by atoms with Crippen LogP contribution in [0.15, 0.2) is 269 Å². The lowest BCUT2D eigenvalue weighted by molar-refractivity contribution is 0.669. The molecule has 0 radical (unpaired) electrons. The van der Waals surface area contributed by atoms with Crippen LogP contribution in [0.5, 0.6) is 0 Å². The third-order valence-corrected chi connectivity index (χ3v) is 21.4. The molecule has 11 aromatic carbocycles. The average molecular weight is 939 g/mol. The number of nitrogens with zero attached hydrogens (tertiary/aromatic N) is 2. The van der Waals surface area contributed by atoms with Crippen molar-refractivity contribution in [1.82, 2.24) is 9.13 Å². The van der Waals surface area contributed by atoms with Crippen LogP contribution in [-0.4, -0.2) is 17.2 Å². The monoisotopic (exact) mass is 938 g/mol. The quantitative estimate of drug-likeness (QED) is 0.155. The van der Waals surface area contributed by atoms with Gasteiger partial charge in [0.15, 0.2) is 8.07 Å². The van der Waals surface area contributed by atoms with Gasteiger partial charge < -0.3 is 13.6 Å². The minimum atomic E-state index is -3.20. The van der Waals surface area contributed by atoms with Gasteiger partial charge >= 0.3 is 0 Å². The first-order valence-corrected chi connectivity index (χ1v) is 27.1. The Bertz CT molecular complexity index is 4360. The summed E-state index contributed by atoms with van der Waals surface area (Å²) in [6.07, 6.45) is 0. The molecule has 1 atom stereocenters. The summed E-state index contributed by atoms with van der Waals surface area (Å²) in [6.45, 7) is 0. The Kier molecular flexibility index (Phi) is 8.91. The van der Waals surface area contributed by atoms with Crippen LogP contribution in [0.1, 0.15) is 0 Å². The number of furan rings is 1. The molecule has 15 rings (SSSR count). The molecule has 4 heterocycles. The second-order valence-corrected chi connectivity index (χ2v) is 23.6. The maximum absolute atomic E-state index is 6.47. The first-order valence-electron chi connectivity index (χ1n) is 24.3. The smallest absolute Gasteiger partial charge is 0.181 e.